The van der Waals surface area contributed by atoms with E-state index in [2.05, 4.69) is 10.6 Å². The van der Waals surface area contributed by atoms with Crippen molar-refractivity contribution in [3.63, 3.8) is 0 Å². The van der Waals surface area contributed by atoms with E-state index in [1.165, 1.54) is 18.2 Å². The Morgan fingerprint density at radius 3 is 2.65 bits per heavy atom. The van der Waals surface area contributed by atoms with Gasteiger partial charge in [0.1, 0.15) is 15.7 Å². The molecule has 0 radical (unpaired) electrons. The van der Waals surface area contributed by atoms with E-state index >= 15 is 0 Å². The number of hydrogen-bond donors (Lipinski definition) is 2. The Hall–Kier alpha value is -1.63. The molecule has 0 atom stereocenters. The molecule has 0 spiro atoms. The summed E-state index contributed by atoms with van der Waals surface area (Å²) in [6.07, 6.45) is 1.47. The summed E-state index contributed by atoms with van der Waals surface area (Å²) in [7, 11) is -3.03. The highest BCUT2D eigenvalue weighted by molar-refractivity contribution is 7.90. The number of carbonyl (C=O) groups is 1. The molecule has 1 amide bonds. The topological polar surface area (TPSA) is 75.3 Å². The minimum Gasteiger partial charge on any atom is -0.382 e. The largest absolute Gasteiger partial charge is 0.382 e. The van der Waals surface area contributed by atoms with Gasteiger partial charge in [0.15, 0.2) is 0 Å². The number of nitrogens with one attached hydrogen (secondary N) is 2. The molecular formula is C13H19FN2O3S. The Labute approximate surface area is 118 Å². The Morgan fingerprint density at radius 2 is 2.05 bits per heavy atom. The average molecular weight is 302 g/mol. The van der Waals surface area contributed by atoms with Crippen molar-refractivity contribution in [1.82, 2.24) is 5.32 Å². The Balaban J connectivity index is 2.66. The monoisotopic (exact) mass is 302 g/mol. The lowest BCUT2D eigenvalue weighted by atomic mass is 10.1. The maximum Gasteiger partial charge on any atom is 0.253 e. The van der Waals surface area contributed by atoms with Crippen LogP contribution in [0, 0.1) is 5.82 Å². The van der Waals surface area contributed by atoms with Gasteiger partial charge in [0.2, 0.25) is 0 Å². The van der Waals surface area contributed by atoms with Crippen molar-refractivity contribution in [1.29, 1.82) is 0 Å². The van der Waals surface area contributed by atoms with E-state index in [0.29, 0.717) is 13.0 Å². The smallest absolute Gasteiger partial charge is 0.253 e. The molecular weight excluding hydrogens is 283 g/mol. The zero-order valence-corrected chi connectivity index (χ0v) is 12.4. The number of para-hydroxylation sites is 1. The van der Waals surface area contributed by atoms with Crippen molar-refractivity contribution in [3.05, 3.63) is 29.6 Å². The molecule has 0 aliphatic carbocycles. The van der Waals surface area contributed by atoms with Crippen molar-refractivity contribution < 1.29 is 17.6 Å². The molecule has 0 unspecified atom stereocenters. The highest BCUT2D eigenvalue weighted by atomic mass is 32.2. The third-order valence-electron chi connectivity index (χ3n) is 2.59. The summed E-state index contributed by atoms with van der Waals surface area (Å²) in [5, 5.41) is 5.40. The van der Waals surface area contributed by atoms with Crippen LogP contribution in [0.15, 0.2) is 18.2 Å². The summed E-state index contributed by atoms with van der Waals surface area (Å²) >= 11 is 0. The predicted molar refractivity (Wildman–Crippen MR) is 77.2 cm³/mol. The summed E-state index contributed by atoms with van der Waals surface area (Å²) < 4.78 is 35.5. The molecule has 20 heavy (non-hydrogen) atoms. The van der Waals surface area contributed by atoms with E-state index in [1.54, 1.807) is 6.92 Å². The number of halogens is 1. The summed E-state index contributed by atoms with van der Waals surface area (Å²) in [6.45, 7) is 2.53. The van der Waals surface area contributed by atoms with Crippen LogP contribution in [0.3, 0.4) is 0 Å². The first-order valence-electron chi connectivity index (χ1n) is 6.33. The van der Waals surface area contributed by atoms with Gasteiger partial charge in [-0.05, 0) is 25.5 Å². The second-order valence-corrected chi connectivity index (χ2v) is 6.69. The van der Waals surface area contributed by atoms with E-state index in [9.17, 15) is 17.6 Å². The zero-order chi connectivity index (χ0) is 15.2. The first-order chi connectivity index (χ1) is 9.35. The summed E-state index contributed by atoms with van der Waals surface area (Å²) in [4.78, 5) is 11.9. The van der Waals surface area contributed by atoms with Crippen LogP contribution >= 0.6 is 0 Å². The van der Waals surface area contributed by atoms with E-state index in [4.69, 9.17) is 0 Å². The third-order valence-corrected chi connectivity index (χ3v) is 3.62. The van der Waals surface area contributed by atoms with Gasteiger partial charge in [-0.2, -0.15) is 0 Å². The second-order valence-electron chi connectivity index (χ2n) is 4.43. The summed E-state index contributed by atoms with van der Waals surface area (Å²) in [5.74, 6) is -0.902. The van der Waals surface area contributed by atoms with E-state index in [1.807, 2.05) is 0 Å². The zero-order valence-electron chi connectivity index (χ0n) is 11.6. The molecule has 112 valence electrons. The average Bonchev–Trinajstić information content (AvgIpc) is 2.36. The Morgan fingerprint density at radius 1 is 1.35 bits per heavy atom. The number of hydrogen-bond acceptors (Lipinski definition) is 4. The van der Waals surface area contributed by atoms with Crippen molar-refractivity contribution in [2.24, 2.45) is 0 Å². The van der Waals surface area contributed by atoms with Gasteiger partial charge < -0.3 is 10.6 Å². The number of rotatable bonds is 7. The van der Waals surface area contributed by atoms with Crippen LogP contribution in [0.5, 0.6) is 0 Å². The maximum absolute atomic E-state index is 13.6. The molecule has 7 heteroatoms. The van der Waals surface area contributed by atoms with Crippen LogP contribution < -0.4 is 10.6 Å². The van der Waals surface area contributed by atoms with Gasteiger partial charge >= 0.3 is 0 Å². The van der Waals surface area contributed by atoms with Gasteiger partial charge in [0.25, 0.3) is 5.91 Å². The van der Waals surface area contributed by atoms with Crippen LogP contribution in [0.2, 0.25) is 0 Å². The molecule has 2 N–H and O–H groups in total. The molecule has 1 aromatic rings. The molecule has 0 saturated carbocycles. The first-order valence-corrected chi connectivity index (χ1v) is 8.39. The molecule has 0 heterocycles. The highest BCUT2D eigenvalue weighted by Crippen LogP contribution is 2.19. The molecule has 0 saturated heterocycles. The van der Waals surface area contributed by atoms with Gasteiger partial charge in [0.05, 0.1) is 17.0 Å². The van der Waals surface area contributed by atoms with Crippen LogP contribution in [0.4, 0.5) is 10.1 Å². The number of anilines is 1. The summed E-state index contributed by atoms with van der Waals surface area (Å²) in [6, 6.07) is 4.26. The molecule has 0 aliphatic rings. The second kappa shape index (κ2) is 7.23. The van der Waals surface area contributed by atoms with Gasteiger partial charge in [0, 0.05) is 19.3 Å². The van der Waals surface area contributed by atoms with Gasteiger partial charge in [-0.3, -0.25) is 4.79 Å². The van der Waals surface area contributed by atoms with Crippen LogP contribution in [-0.2, 0) is 9.84 Å². The molecule has 1 rings (SSSR count). The molecule has 0 bridgehead atoms. The van der Waals surface area contributed by atoms with Crippen molar-refractivity contribution in [3.8, 4) is 0 Å². The standard InChI is InChI=1S/C13H19FN2O3S/c1-3-15-12-10(6-4-7-11(12)14)13(17)16-8-5-9-20(2,18)19/h4,6-7,15H,3,5,8-9H2,1-2H3,(H,16,17). The van der Waals surface area contributed by atoms with Crippen molar-refractivity contribution >= 4 is 21.4 Å². The van der Waals surface area contributed by atoms with Crippen LogP contribution in [-0.4, -0.2) is 39.4 Å². The Bertz CT molecular complexity index is 573. The lowest BCUT2D eigenvalue weighted by Crippen LogP contribution is -2.27. The minimum atomic E-state index is -3.03. The number of carbonyl (C=O) groups excluding carboxylic acids is 1. The van der Waals surface area contributed by atoms with E-state index in [0.717, 1.165) is 6.26 Å². The molecule has 0 aromatic heterocycles. The van der Waals surface area contributed by atoms with Gasteiger partial charge in [-0.15, -0.1) is 0 Å². The van der Waals surface area contributed by atoms with Crippen molar-refractivity contribution in [2.75, 3.05) is 30.4 Å². The normalized spacial score (nSPS) is 11.2. The molecule has 1 aromatic carbocycles. The molecule has 0 aliphatic heterocycles. The maximum atomic E-state index is 13.6. The SMILES string of the molecule is CCNc1c(F)cccc1C(=O)NCCCS(C)(=O)=O. The van der Waals surface area contributed by atoms with Gasteiger partial charge in [-0.25, -0.2) is 12.8 Å². The number of benzene rings is 1. The Kier molecular flexibility index (Phi) is 5.94. The van der Waals surface area contributed by atoms with Crippen LogP contribution in [0.1, 0.15) is 23.7 Å². The predicted octanol–water partition coefficient (Wildman–Crippen LogP) is 1.42. The highest BCUT2D eigenvalue weighted by Gasteiger charge is 2.14. The fourth-order valence-corrected chi connectivity index (χ4v) is 2.37. The first kappa shape index (κ1) is 16.4. The van der Waals surface area contributed by atoms with Crippen molar-refractivity contribution in [2.45, 2.75) is 13.3 Å². The summed E-state index contributed by atoms with van der Waals surface area (Å²) in [5.41, 5.74) is 0.377. The molecule has 5 nitrogen and oxygen atoms in total. The third kappa shape index (κ3) is 5.16. The van der Waals surface area contributed by atoms with Gasteiger partial charge in [-0.1, -0.05) is 6.07 Å². The molecule has 0 fully saturated rings. The number of sulfone groups is 1. The van der Waals surface area contributed by atoms with Crippen LogP contribution in [0.25, 0.3) is 0 Å². The lowest BCUT2D eigenvalue weighted by molar-refractivity contribution is 0.0954. The minimum absolute atomic E-state index is 0.0104. The fourth-order valence-electron chi connectivity index (χ4n) is 1.70. The van der Waals surface area contributed by atoms with E-state index in [-0.39, 0.29) is 23.5 Å². The van der Waals surface area contributed by atoms with E-state index < -0.39 is 21.6 Å². The fraction of sp³-hybridized carbons (Fsp3) is 0.462. The lowest BCUT2D eigenvalue weighted by Gasteiger charge is -2.11. The quantitative estimate of drug-likeness (QED) is 0.747. The number of amides is 1.